The first-order valence-electron chi connectivity index (χ1n) is 13.4. The number of methoxy groups -OCH3 is 2. The monoisotopic (exact) mass is 616 g/mol. The van der Waals surface area contributed by atoms with Crippen molar-refractivity contribution >= 4 is 39.4 Å². The SMILES string of the molecule is COc1ccc(NC(=O)COc2ccc(/C=N/NC(=O)CN(c3ccccc3OC)S(=O)(=O)c3ccc(C)cc3)cc2)cc1. The molecular weight excluding hydrogens is 584 g/mol. The van der Waals surface area contributed by atoms with Crippen LogP contribution in [0.1, 0.15) is 11.1 Å². The molecule has 0 saturated carbocycles. The molecule has 0 spiro atoms. The summed E-state index contributed by atoms with van der Waals surface area (Å²) in [6.45, 7) is 1.12. The molecular formula is C32H32N4O7S. The van der Waals surface area contributed by atoms with Gasteiger partial charge in [0.05, 0.1) is 31.0 Å². The Morgan fingerprint density at radius 1 is 0.818 bits per heavy atom. The summed E-state index contributed by atoms with van der Waals surface area (Å²) < 4.78 is 44.2. The van der Waals surface area contributed by atoms with Crippen molar-refractivity contribution in [2.75, 3.05) is 37.0 Å². The number of hydrazone groups is 1. The first-order chi connectivity index (χ1) is 21.2. The van der Waals surface area contributed by atoms with Crippen LogP contribution in [-0.4, -0.2) is 53.8 Å². The number of benzene rings is 4. The van der Waals surface area contributed by atoms with E-state index < -0.39 is 22.5 Å². The number of carbonyl (C=O) groups is 2. The highest BCUT2D eigenvalue weighted by Gasteiger charge is 2.29. The van der Waals surface area contributed by atoms with Crippen LogP contribution >= 0.6 is 0 Å². The number of nitrogens with one attached hydrogen (secondary N) is 2. The van der Waals surface area contributed by atoms with Gasteiger partial charge >= 0.3 is 0 Å². The van der Waals surface area contributed by atoms with Crippen molar-refractivity contribution in [3.8, 4) is 17.2 Å². The Morgan fingerprint density at radius 3 is 2.14 bits per heavy atom. The van der Waals surface area contributed by atoms with E-state index in [2.05, 4.69) is 15.8 Å². The third-order valence-electron chi connectivity index (χ3n) is 6.28. The molecule has 0 radical (unpaired) electrons. The molecule has 11 nitrogen and oxygen atoms in total. The summed E-state index contributed by atoms with van der Waals surface area (Å²) in [5.41, 5.74) is 4.74. The average molecular weight is 617 g/mol. The lowest BCUT2D eigenvalue weighted by molar-refractivity contribution is -0.119. The van der Waals surface area contributed by atoms with Crippen LogP contribution in [0.15, 0.2) is 107 Å². The minimum absolute atomic E-state index is 0.0332. The van der Waals surface area contributed by atoms with Crippen LogP contribution in [0.25, 0.3) is 0 Å². The molecule has 2 N–H and O–H groups in total. The van der Waals surface area contributed by atoms with E-state index >= 15 is 0 Å². The van der Waals surface area contributed by atoms with E-state index in [1.54, 1.807) is 92.0 Å². The Balaban J connectivity index is 1.36. The largest absolute Gasteiger partial charge is 0.497 e. The van der Waals surface area contributed by atoms with Gasteiger partial charge in [0.2, 0.25) is 0 Å². The van der Waals surface area contributed by atoms with E-state index in [9.17, 15) is 18.0 Å². The molecule has 2 amide bonds. The van der Waals surface area contributed by atoms with Gasteiger partial charge in [-0.1, -0.05) is 29.8 Å². The lowest BCUT2D eigenvalue weighted by Crippen LogP contribution is -2.39. The van der Waals surface area contributed by atoms with Crippen molar-refractivity contribution in [2.45, 2.75) is 11.8 Å². The molecule has 12 heteroatoms. The molecule has 0 fully saturated rings. The molecule has 0 aromatic heterocycles. The maximum Gasteiger partial charge on any atom is 0.264 e. The maximum atomic E-state index is 13.6. The summed E-state index contributed by atoms with van der Waals surface area (Å²) in [6.07, 6.45) is 1.40. The third kappa shape index (κ3) is 8.35. The van der Waals surface area contributed by atoms with Crippen molar-refractivity contribution in [1.29, 1.82) is 0 Å². The van der Waals surface area contributed by atoms with Crippen molar-refractivity contribution in [3.05, 3.63) is 108 Å². The van der Waals surface area contributed by atoms with E-state index in [0.29, 0.717) is 28.5 Å². The van der Waals surface area contributed by atoms with Gasteiger partial charge in [-0.15, -0.1) is 0 Å². The average Bonchev–Trinajstić information content (AvgIpc) is 3.03. The second-order valence-electron chi connectivity index (χ2n) is 9.42. The highest BCUT2D eigenvalue weighted by molar-refractivity contribution is 7.92. The molecule has 44 heavy (non-hydrogen) atoms. The number of hydrogen-bond donors (Lipinski definition) is 2. The number of sulfonamides is 1. The standard InChI is InChI=1S/C32H32N4O7S/c1-23-8-18-28(19-9-23)44(39,40)36(29-6-4-5-7-30(29)42-3)21-31(37)35-33-20-24-10-14-27(15-11-24)43-22-32(38)34-25-12-16-26(41-2)17-13-25/h4-20H,21-22H2,1-3H3,(H,34,38)(H,35,37)/b33-20+. The summed E-state index contributed by atoms with van der Waals surface area (Å²) in [7, 11) is -1.13. The first kappa shape index (κ1) is 31.6. The second-order valence-corrected chi connectivity index (χ2v) is 11.3. The van der Waals surface area contributed by atoms with Crippen molar-refractivity contribution in [2.24, 2.45) is 5.10 Å². The molecule has 0 unspecified atom stereocenters. The molecule has 228 valence electrons. The maximum absolute atomic E-state index is 13.6. The molecule has 0 heterocycles. The Bertz CT molecular complexity index is 1710. The van der Waals surface area contributed by atoms with Gasteiger partial charge in [-0.3, -0.25) is 13.9 Å². The molecule has 4 rings (SSSR count). The summed E-state index contributed by atoms with van der Waals surface area (Å²) in [5, 5.41) is 6.70. The van der Waals surface area contributed by atoms with Gasteiger partial charge in [-0.25, -0.2) is 13.8 Å². The van der Waals surface area contributed by atoms with E-state index in [1.165, 1.54) is 25.5 Å². The van der Waals surface area contributed by atoms with Crippen LogP contribution in [0.2, 0.25) is 0 Å². The van der Waals surface area contributed by atoms with Crippen LogP contribution in [0, 0.1) is 6.92 Å². The fourth-order valence-electron chi connectivity index (χ4n) is 3.99. The number of aryl methyl sites for hydroxylation is 1. The molecule has 0 bridgehead atoms. The Morgan fingerprint density at radius 2 is 1.48 bits per heavy atom. The molecule has 0 aliphatic heterocycles. The lowest BCUT2D eigenvalue weighted by atomic mass is 10.2. The van der Waals surface area contributed by atoms with Crippen LogP contribution in [0.4, 0.5) is 11.4 Å². The van der Waals surface area contributed by atoms with Crippen LogP contribution in [0.3, 0.4) is 0 Å². The molecule has 0 saturated heterocycles. The molecule has 4 aromatic carbocycles. The zero-order valence-corrected chi connectivity index (χ0v) is 25.2. The smallest absolute Gasteiger partial charge is 0.264 e. The fourth-order valence-corrected chi connectivity index (χ4v) is 5.42. The Hall–Kier alpha value is -5.36. The zero-order chi connectivity index (χ0) is 31.5. The number of para-hydroxylation sites is 2. The molecule has 0 aliphatic carbocycles. The van der Waals surface area contributed by atoms with E-state index in [4.69, 9.17) is 14.2 Å². The topological polar surface area (TPSA) is 136 Å². The first-order valence-corrected chi connectivity index (χ1v) is 14.8. The molecule has 0 atom stereocenters. The lowest BCUT2D eigenvalue weighted by Gasteiger charge is -2.25. The van der Waals surface area contributed by atoms with Gasteiger partial charge in [0.15, 0.2) is 6.61 Å². The van der Waals surface area contributed by atoms with Gasteiger partial charge < -0.3 is 19.5 Å². The number of ether oxygens (including phenoxy) is 3. The van der Waals surface area contributed by atoms with E-state index in [0.717, 1.165) is 9.87 Å². The zero-order valence-electron chi connectivity index (χ0n) is 24.4. The number of hydrogen-bond acceptors (Lipinski definition) is 8. The van der Waals surface area contributed by atoms with E-state index in [-0.39, 0.29) is 23.1 Å². The number of amides is 2. The van der Waals surface area contributed by atoms with Gasteiger partial charge in [0.25, 0.3) is 21.8 Å². The van der Waals surface area contributed by atoms with Crippen LogP contribution < -0.4 is 29.3 Å². The Kier molecular flexibility index (Phi) is 10.5. The summed E-state index contributed by atoms with van der Waals surface area (Å²) in [5.74, 6) is 0.453. The number of carbonyl (C=O) groups excluding carboxylic acids is 2. The third-order valence-corrected chi connectivity index (χ3v) is 8.05. The molecule has 4 aromatic rings. The summed E-state index contributed by atoms with van der Waals surface area (Å²) >= 11 is 0. The highest BCUT2D eigenvalue weighted by Crippen LogP contribution is 2.32. The molecule has 0 aliphatic rings. The second kappa shape index (κ2) is 14.7. The predicted molar refractivity (Wildman–Crippen MR) is 168 cm³/mol. The number of nitrogens with zero attached hydrogens (tertiary/aromatic N) is 2. The predicted octanol–water partition coefficient (Wildman–Crippen LogP) is 4.38. The van der Waals surface area contributed by atoms with Gasteiger partial charge in [-0.2, -0.15) is 5.10 Å². The Labute approximate surface area is 256 Å². The normalized spacial score (nSPS) is 11.1. The van der Waals surface area contributed by atoms with Crippen molar-refractivity contribution in [1.82, 2.24) is 5.43 Å². The quantitative estimate of drug-likeness (QED) is 0.168. The number of anilines is 2. The van der Waals surface area contributed by atoms with Crippen LogP contribution in [0.5, 0.6) is 17.2 Å². The van der Waals surface area contributed by atoms with Crippen molar-refractivity contribution < 1.29 is 32.2 Å². The minimum Gasteiger partial charge on any atom is -0.497 e. The van der Waals surface area contributed by atoms with Crippen LogP contribution in [-0.2, 0) is 19.6 Å². The fraction of sp³-hybridized carbons (Fsp3) is 0.156. The summed E-state index contributed by atoms with van der Waals surface area (Å²) in [4.78, 5) is 25.1. The van der Waals surface area contributed by atoms with Crippen molar-refractivity contribution in [3.63, 3.8) is 0 Å². The highest BCUT2D eigenvalue weighted by atomic mass is 32.2. The summed E-state index contributed by atoms with van der Waals surface area (Å²) in [6, 6.07) is 26.5. The number of rotatable bonds is 13. The van der Waals surface area contributed by atoms with Gasteiger partial charge in [0, 0.05) is 5.69 Å². The minimum atomic E-state index is -4.12. The van der Waals surface area contributed by atoms with E-state index in [1.807, 2.05) is 6.92 Å². The van der Waals surface area contributed by atoms with Gasteiger partial charge in [-0.05, 0) is 85.3 Å². The van der Waals surface area contributed by atoms with Gasteiger partial charge in [0.1, 0.15) is 23.8 Å².